The van der Waals surface area contributed by atoms with E-state index in [4.69, 9.17) is 9.84 Å². The van der Waals surface area contributed by atoms with Crippen LogP contribution in [-0.4, -0.2) is 24.2 Å². The smallest absolute Gasteiger partial charge is 0.449 e. The van der Waals surface area contributed by atoms with Crippen LogP contribution in [0, 0.1) is 0 Å². The molecule has 4 rings (SSSR count). The van der Waals surface area contributed by atoms with Crippen LogP contribution in [0.5, 0.6) is 5.06 Å². The number of carbonyl (C=O) groups excluding carboxylic acids is 1. The van der Waals surface area contributed by atoms with Crippen molar-refractivity contribution >= 4 is 50.5 Å². The lowest BCUT2D eigenvalue weighted by Crippen LogP contribution is -2.25. The molecule has 0 saturated carbocycles. The number of amides is 1. The fourth-order valence-electron chi connectivity index (χ4n) is 2.86. The molecule has 0 radical (unpaired) electrons. The molecule has 0 spiro atoms. The molecule has 5 nitrogen and oxygen atoms in total. The van der Waals surface area contributed by atoms with Gasteiger partial charge in [0.05, 0.1) is 10.6 Å². The molecule has 0 atom stereocenters. The molecule has 28 heavy (non-hydrogen) atoms. The Morgan fingerprint density at radius 3 is 2.39 bits per heavy atom. The highest BCUT2D eigenvalue weighted by Crippen LogP contribution is 2.43. The van der Waals surface area contributed by atoms with E-state index in [1.54, 1.807) is 13.1 Å². The van der Waals surface area contributed by atoms with Gasteiger partial charge in [0.1, 0.15) is 0 Å². The Balaban J connectivity index is 1.72. The Morgan fingerprint density at radius 2 is 1.68 bits per heavy atom. The van der Waals surface area contributed by atoms with E-state index >= 15 is 0 Å². The van der Waals surface area contributed by atoms with Gasteiger partial charge < -0.3 is 14.7 Å². The highest BCUT2D eigenvalue weighted by atomic mass is 32.1. The fraction of sp³-hybridized carbons (Fsp3) is 0.0476. The molecule has 0 aliphatic heterocycles. The summed E-state index contributed by atoms with van der Waals surface area (Å²) in [5.74, 6) is -0.214. The van der Waals surface area contributed by atoms with Gasteiger partial charge in [-0.15, -0.1) is 11.3 Å². The van der Waals surface area contributed by atoms with Crippen LogP contribution in [-0.2, 0) is 0 Å². The molecule has 4 aromatic rings. The lowest BCUT2D eigenvalue weighted by Gasteiger charge is -2.15. The molecule has 0 aliphatic rings. The van der Waals surface area contributed by atoms with Gasteiger partial charge in [-0.1, -0.05) is 59.9 Å². The molecule has 2 aromatic carbocycles. The molecule has 0 aliphatic carbocycles. The first-order valence-corrected chi connectivity index (χ1v) is 10.0. The van der Waals surface area contributed by atoms with Crippen molar-refractivity contribution in [3.8, 4) is 15.5 Å². The number of thiophene rings is 2. The quantitative estimate of drug-likeness (QED) is 0.422. The summed E-state index contributed by atoms with van der Waals surface area (Å²) in [6, 6.07) is 21.0. The molecule has 7 heteroatoms. The van der Waals surface area contributed by atoms with Crippen LogP contribution >= 0.6 is 22.7 Å². The van der Waals surface area contributed by atoms with E-state index in [1.807, 2.05) is 60.7 Å². The predicted octanol–water partition coefficient (Wildman–Crippen LogP) is 5.96. The number of hydrogen-bond acceptors (Lipinski definition) is 5. The van der Waals surface area contributed by atoms with E-state index in [-0.39, 0.29) is 11.0 Å². The minimum Gasteiger partial charge on any atom is -0.449 e. The summed E-state index contributed by atoms with van der Waals surface area (Å²) in [6.07, 6.45) is -1.41. The molecule has 2 heterocycles. The van der Waals surface area contributed by atoms with Gasteiger partial charge in [0.15, 0.2) is 0 Å². The SMILES string of the molecule is CN(C(=O)c1cc2ccccc2s1)c1cc(-c2ccccc2)sc1OC(=O)O. The minimum atomic E-state index is -1.41. The zero-order valence-electron chi connectivity index (χ0n) is 14.8. The summed E-state index contributed by atoms with van der Waals surface area (Å²) in [5.41, 5.74) is 1.35. The number of nitrogens with zero attached hydrogens (tertiary/aromatic N) is 1. The molecule has 1 amide bonds. The number of fused-ring (bicyclic) bond motifs is 1. The molecule has 1 N–H and O–H groups in total. The Hall–Kier alpha value is -3.16. The van der Waals surface area contributed by atoms with E-state index in [0.717, 1.165) is 20.5 Å². The lowest BCUT2D eigenvalue weighted by atomic mass is 10.2. The van der Waals surface area contributed by atoms with Crippen molar-refractivity contribution < 1.29 is 19.4 Å². The highest BCUT2D eigenvalue weighted by molar-refractivity contribution is 7.21. The van der Waals surface area contributed by atoms with Gasteiger partial charge in [-0.3, -0.25) is 4.79 Å². The average molecular weight is 409 g/mol. The third-order valence-corrected chi connectivity index (χ3v) is 6.38. The van der Waals surface area contributed by atoms with Crippen LogP contribution in [0.3, 0.4) is 0 Å². The number of ether oxygens (including phenoxy) is 1. The van der Waals surface area contributed by atoms with Gasteiger partial charge >= 0.3 is 6.16 Å². The van der Waals surface area contributed by atoms with Gasteiger partial charge in [0.25, 0.3) is 5.91 Å². The van der Waals surface area contributed by atoms with E-state index in [1.165, 1.54) is 27.6 Å². The number of carboxylic acid groups (broad SMARTS) is 1. The van der Waals surface area contributed by atoms with E-state index in [9.17, 15) is 9.59 Å². The standard InChI is InChI=1S/C21H15NO4S2/c1-22(19(23)18-11-14-9-5-6-10-16(14)27-18)15-12-17(13-7-3-2-4-8-13)28-20(15)26-21(24)25/h2-12H,1H3,(H,24,25). The van der Waals surface area contributed by atoms with Gasteiger partial charge in [0, 0.05) is 16.6 Å². The summed E-state index contributed by atoms with van der Waals surface area (Å²) >= 11 is 2.60. The number of benzene rings is 2. The first-order chi connectivity index (χ1) is 13.5. The molecular weight excluding hydrogens is 394 g/mol. The summed E-state index contributed by atoms with van der Waals surface area (Å²) in [7, 11) is 1.62. The second kappa shape index (κ2) is 7.46. The Bertz CT molecular complexity index is 1130. The second-order valence-corrected chi connectivity index (χ2v) is 8.13. The van der Waals surface area contributed by atoms with Crippen LogP contribution in [0.25, 0.3) is 20.5 Å². The number of hydrogen-bond donors (Lipinski definition) is 1. The third kappa shape index (κ3) is 3.49. The average Bonchev–Trinajstić information content (AvgIpc) is 3.31. The fourth-order valence-corrected chi connectivity index (χ4v) is 4.93. The maximum Gasteiger partial charge on any atom is 0.512 e. The Labute approximate surface area is 169 Å². The van der Waals surface area contributed by atoms with Crippen LogP contribution in [0.1, 0.15) is 9.67 Å². The third-order valence-electron chi connectivity index (χ3n) is 4.22. The van der Waals surface area contributed by atoms with Crippen molar-refractivity contribution in [3.05, 3.63) is 71.6 Å². The van der Waals surface area contributed by atoms with Crippen molar-refractivity contribution in [2.45, 2.75) is 0 Å². The largest absolute Gasteiger partial charge is 0.512 e. The van der Waals surface area contributed by atoms with E-state index < -0.39 is 6.16 Å². The molecule has 0 unspecified atom stereocenters. The molecule has 0 bridgehead atoms. The Kier molecular flexibility index (Phi) is 4.85. The Morgan fingerprint density at radius 1 is 0.964 bits per heavy atom. The van der Waals surface area contributed by atoms with Crippen molar-refractivity contribution in [2.75, 3.05) is 11.9 Å². The first-order valence-electron chi connectivity index (χ1n) is 8.39. The number of rotatable bonds is 4. The monoisotopic (exact) mass is 409 g/mol. The van der Waals surface area contributed by atoms with Crippen LogP contribution in [0.15, 0.2) is 66.7 Å². The van der Waals surface area contributed by atoms with Gasteiger partial charge in [-0.25, -0.2) is 4.79 Å². The number of carbonyl (C=O) groups is 2. The zero-order chi connectivity index (χ0) is 19.7. The van der Waals surface area contributed by atoms with Crippen LogP contribution < -0.4 is 9.64 Å². The molecular formula is C21H15NO4S2. The topological polar surface area (TPSA) is 66.8 Å². The summed E-state index contributed by atoms with van der Waals surface area (Å²) in [4.78, 5) is 27.0. The molecule has 140 valence electrons. The summed E-state index contributed by atoms with van der Waals surface area (Å²) in [6.45, 7) is 0. The van der Waals surface area contributed by atoms with Crippen LogP contribution in [0.4, 0.5) is 10.5 Å². The van der Waals surface area contributed by atoms with Gasteiger partial charge in [0.2, 0.25) is 5.06 Å². The van der Waals surface area contributed by atoms with E-state index in [0.29, 0.717) is 10.6 Å². The maximum atomic E-state index is 13.0. The molecule has 0 saturated heterocycles. The van der Waals surface area contributed by atoms with Crippen molar-refractivity contribution in [2.24, 2.45) is 0 Å². The second-order valence-electron chi connectivity index (χ2n) is 6.03. The predicted molar refractivity (Wildman–Crippen MR) is 113 cm³/mol. The number of anilines is 1. The van der Waals surface area contributed by atoms with Gasteiger partial charge in [-0.05, 0) is 29.1 Å². The molecule has 0 fully saturated rings. The van der Waals surface area contributed by atoms with Crippen molar-refractivity contribution in [1.29, 1.82) is 0 Å². The summed E-state index contributed by atoms with van der Waals surface area (Å²) in [5, 5.41) is 10.3. The van der Waals surface area contributed by atoms with E-state index in [2.05, 4.69) is 0 Å². The van der Waals surface area contributed by atoms with Crippen molar-refractivity contribution in [3.63, 3.8) is 0 Å². The van der Waals surface area contributed by atoms with Crippen LogP contribution in [0.2, 0.25) is 0 Å². The van der Waals surface area contributed by atoms with Gasteiger partial charge in [-0.2, -0.15) is 0 Å². The lowest BCUT2D eigenvalue weighted by molar-refractivity contribution is 0.0995. The normalized spacial score (nSPS) is 10.8. The summed E-state index contributed by atoms with van der Waals surface area (Å²) < 4.78 is 5.98. The zero-order valence-corrected chi connectivity index (χ0v) is 16.4. The molecule has 2 aromatic heterocycles. The minimum absolute atomic E-state index is 0.170. The highest BCUT2D eigenvalue weighted by Gasteiger charge is 2.23. The maximum absolute atomic E-state index is 13.0. The first kappa shape index (κ1) is 18.2. The van der Waals surface area contributed by atoms with Crippen molar-refractivity contribution in [1.82, 2.24) is 0 Å².